The molecule has 0 radical (unpaired) electrons. The third kappa shape index (κ3) is 1.66. The van der Waals surface area contributed by atoms with E-state index < -0.39 is 5.92 Å². The average Bonchev–Trinajstić information content (AvgIpc) is 2.10. The van der Waals surface area contributed by atoms with Gasteiger partial charge in [0.05, 0.1) is 0 Å². The molecule has 2 N–H and O–H groups in total. The molecule has 0 aliphatic heterocycles. The number of alkyl halides is 2. The van der Waals surface area contributed by atoms with Crippen LogP contribution in [0.25, 0.3) is 0 Å². The number of halogens is 2. The van der Waals surface area contributed by atoms with E-state index in [4.69, 9.17) is 5.73 Å². The topological polar surface area (TPSA) is 26.0 Å². The van der Waals surface area contributed by atoms with E-state index in [2.05, 4.69) is 0 Å². The highest BCUT2D eigenvalue weighted by Crippen LogP contribution is 2.39. The van der Waals surface area contributed by atoms with Crippen LogP contribution < -0.4 is 5.73 Å². The standard InChI is InChI=1S/C7H13F2N/c1-5(10)6-2-3-7(8,9)4-6/h5-6H,2-4,10H2,1H3/t5-,6?/m0/s1. The van der Waals surface area contributed by atoms with Crippen LogP contribution in [0.4, 0.5) is 8.78 Å². The molecule has 2 atom stereocenters. The Bertz CT molecular complexity index is 123. The molecule has 1 aliphatic carbocycles. The Morgan fingerprint density at radius 1 is 1.60 bits per heavy atom. The lowest BCUT2D eigenvalue weighted by Crippen LogP contribution is -2.25. The lowest BCUT2D eigenvalue weighted by molar-refractivity contribution is 0.00418. The van der Waals surface area contributed by atoms with Gasteiger partial charge < -0.3 is 5.73 Å². The summed E-state index contributed by atoms with van der Waals surface area (Å²) < 4.78 is 25.0. The van der Waals surface area contributed by atoms with Crippen molar-refractivity contribution in [3.63, 3.8) is 0 Å². The van der Waals surface area contributed by atoms with Crippen LogP contribution in [-0.4, -0.2) is 12.0 Å². The summed E-state index contributed by atoms with van der Waals surface area (Å²) in [5.41, 5.74) is 5.49. The maximum atomic E-state index is 12.5. The third-order valence-corrected chi connectivity index (χ3v) is 2.19. The van der Waals surface area contributed by atoms with Gasteiger partial charge in [0.25, 0.3) is 0 Å². The fourth-order valence-corrected chi connectivity index (χ4v) is 1.43. The molecule has 0 saturated heterocycles. The molecular formula is C7H13F2N. The zero-order chi connectivity index (χ0) is 7.78. The summed E-state index contributed by atoms with van der Waals surface area (Å²) >= 11 is 0. The number of rotatable bonds is 1. The summed E-state index contributed by atoms with van der Waals surface area (Å²) in [4.78, 5) is 0. The highest BCUT2D eigenvalue weighted by atomic mass is 19.3. The first-order valence-corrected chi connectivity index (χ1v) is 3.65. The highest BCUT2D eigenvalue weighted by molar-refractivity contribution is 4.85. The van der Waals surface area contributed by atoms with Crippen molar-refractivity contribution in [1.29, 1.82) is 0 Å². The summed E-state index contributed by atoms with van der Waals surface area (Å²) in [5, 5.41) is 0. The second-order valence-electron chi connectivity index (χ2n) is 3.22. The van der Waals surface area contributed by atoms with Crippen molar-refractivity contribution < 1.29 is 8.78 Å². The van der Waals surface area contributed by atoms with E-state index in [1.54, 1.807) is 6.92 Å². The molecule has 1 saturated carbocycles. The maximum Gasteiger partial charge on any atom is 0.248 e. The largest absolute Gasteiger partial charge is 0.328 e. The fraction of sp³-hybridized carbons (Fsp3) is 1.00. The van der Waals surface area contributed by atoms with Crippen LogP contribution in [0, 0.1) is 5.92 Å². The first kappa shape index (κ1) is 7.92. The second kappa shape index (κ2) is 2.46. The molecule has 0 spiro atoms. The Kier molecular flexibility index (Phi) is 1.95. The molecular weight excluding hydrogens is 136 g/mol. The Labute approximate surface area is 59.6 Å². The van der Waals surface area contributed by atoms with E-state index >= 15 is 0 Å². The molecule has 10 heavy (non-hydrogen) atoms. The van der Waals surface area contributed by atoms with Crippen LogP contribution in [0.1, 0.15) is 26.2 Å². The van der Waals surface area contributed by atoms with Gasteiger partial charge in [-0.25, -0.2) is 8.78 Å². The van der Waals surface area contributed by atoms with E-state index in [9.17, 15) is 8.78 Å². The Morgan fingerprint density at radius 2 is 2.20 bits per heavy atom. The van der Waals surface area contributed by atoms with Crippen LogP contribution in [0.2, 0.25) is 0 Å². The zero-order valence-electron chi connectivity index (χ0n) is 6.11. The molecule has 1 unspecified atom stereocenters. The van der Waals surface area contributed by atoms with Gasteiger partial charge in [0.15, 0.2) is 0 Å². The Morgan fingerprint density at radius 3 is 2.40 bits per heavy atom. The third-order valence-electron chi connectivity index (χ3n) is 2.19. The summed E-state index contributed by atoms with van der Waals surface area (Å²) in [6.07, 6.45) is 0.606. The molecule has 0 heterocycles. The molecule has 0 aromatic rings. The molecule has 1 aliphatic rings. The van der Waals surface area contributed by atoms with Crippen molar-refractivity contribution in [2.24, 2.45) is 11.7 Å². The highest BCUT2D eigenvalue weighted by Gasteiger charge is 2.40. The minimum Gasteiger partial charge on any atom is -0.328 e. The lowest BCUT2D eigenvalue weighted by atomic mass is 10.0. The molecule has 60 valence electrons. The monoisotopic (exact) mass is 149 g/mol. The van der Waals surface area contributed by atoms with Crippen molar-refractivity contribution in [1.82, 2.24) is 0 Å². The van der Waals surface area contributed by atoms with E-state index in [1.165, 1.54) is 0 Å². The van der Waals surface area contributed by atoms with Crippen LogP contribution >= 0.6 is 0 Å². The van der Waals surface area contributed by atoms with Gasteiger partial charge in [-0.3, -0.25) is 0 Å². The molecule has 1 rings (SSSR count). The smallest absolute Gasteiger partial charge is 0.248 e. The predicted octanol–water partition coefficient (Wildman–Crippen LogP) is 1.77. The van der Waals surface area contributed by atoms with Crippen molar-refractivity contribution in [2.75, 3.05) is 0 Å². The summed E-state index contributed by atoms with van der Waals surface area (Å²) in [6, 6.07) is -0.0756. The number of hydrogen-bond acceptors (Lipinski definition) is 1. The SMILES string of the molecule is C[C@H](N)C1CCC(F)(F)C1. The van der Waals surface area contributed by atoms with Gasteiger partial charge in [-0.1, -0.05) is 0 Å². The molecule has 1 fully saturated rings. The predicted molar refractivity (Wildman–Crippen MR) is 35.9 cm³/mol. The molecule has 0 amide bonds. The number of hydrogen-bond donors (Lipinski definition) is 1. The van der Waals surface area contributed by atoms with Crippen molar-refractivity contribution in [3.05, 3.63) is 0 Å². The quantitative estimate of drug-likeness (QED) is 0.604. The maximum absolute atomic E-state index is 12.5. The molecule has 0 aromatic heterocycles. The molecule has 3 heteroatoms. The number of nitrogens with two attached hydrogens (primary N) is 1. The van der Waals surface area contributed by atoms with Crippen LogP contribution in [0.5, 0.6) is 0 Å². The summed E-state index contributed by atoms with van der Waals surface area (Å²) in [6.45, 7) is 1.80. The van der Waals surface area contributed by atoms with E-state index in [1.807, 2.05) is 0 Å². The minimum atomic E-state index is -2.43. The first-order valence-electron chi connectivity index (χ1n) is 3.65. The van der Waals surface area contributed by atoms with Gasteiger partial charge in [0.2, 0.25) is 5.92 Å². The molecule has 1 nitrogen and oxygen atoms in total. The van der Waals surface area contributed by atoms with Crippen LogP contribution in [0.3, 0.4) is 0 Å². The van der Waals surface area contributed by atoms with Gasteiger partial charge >= 0.3 is 0 Å². The van der Waals surface area contributed by atoms with Gasteiger partial charge in [-0.05, 0) is 19.3 Å². The van der Waals surface area contributed by atoms with Gasteiger partial charge in [-0.15, -0.1) is 0 Å². The Balaban J connectivity index is 2.43. The van der Waals surface area contributed by atoms with Crippen LogP contribution in [-0.2, 0) is 0 Å². The van der Waals surface area contributed by atoms with Gasteiger partial charge in [-0.2, -0.15) is 0 Å². The first-order chi connectivity index (χ1) is 4.51. The fourth-order valence-electron chi connectivity index (χ4n) is 1.43. The van der Waals surface area contributed by atoms with Gasteiger partial charge in [0, 0.05) is 18.9 Å². The van der Waals surface area contributed by atoms with Crippen LogP contribution in [0.15, 0.2) is 0 Å². The molecule has 0 bridgehead atoms. The minimum absolute atomic E-state index is 0.00926. The normalized spacial score (nSPS) is 34.2. The average molecular weight is 149 g/mol. The van der Waals surface area contributed by atoms with Crippen molar-refractivity contribution in [2.45, 2.75) is 38.2 Å². The second-order valence-corrected chi connectivity index (χ2v) is 3.22. The Hall–Kier alpha value is -0.180. The van der Waals surface area contributed by atoms with Crippen molar-refractivity contribution in [3.8, 4) is 0 Å². The molecule has 0 aromatic carbocycles. The van der Waals surface area contributed by atoms with E-state index in [0.29, 0.717) is 6.42 Å². The van der Waals surface area contributed by atoms with E-state index in [-0.39, 0.29) is 24.8 Å². The summed E-state index contributed by atoms with van der Waals surface area (Å²) in [7, 11) is 0. The zero-order valence-corrected chi connectivity index (χ0v) is 6.11. The van der Waals surface area contributed by atoms with Crippen molar-refractivity contribution >= 4 is 0 Å². The van der Waals surface area contributed by atoms with E-state index in [0.717, 1.165) is 0 Å². The summed E-state index contributed by atoms with van der Waals surface area (Å²) in [5.74, 6) is -2.40. The lowest BCUT2D eigenvalue weighted by Gasteiger charge is -2.13. The van der Waals surface area contributed by atoms with Gasteiger partial charge in [0.1, 0.15) is 0 Å².